The lowest BCUT2D eigenvalue weighted by Gasteiger charge is -2.30. The molecular weight excluding hydrogens is 341 g/mol. The van der Waals surface area contributed by atoms with E-state index in [-0.39, 0.29) is 36.8 Å². The summed E-state index contributed by atoms with van der Waals surface area (Å²) in [5, 5.41) is 2.72. The molecule has 2 heterocycles. The van der Waals surface area contributed by atoms with Gasteiger partial charge in [-0.2, -0.15) is 0 Å². The molecule has 4 nitrogen and oxygen atoms in total. The van der Waals surface area contributed by atoms with Crippen molar-refractivity contribution in [3.05, 3.63) is 41.4 Å². The van der Waals surface area contributed by atoms with E-state index >= 15 is 0 Å². The topological polar surface area (TPSA) is 59.2 Å². The third kappa shape index (κ3) is 4.20. The fraction of sp³-hybridized carbons (Fsp3) is 0.333. The molecule has 7 heteroatoms. The zero-order valence-electron chi connectivity index (χ0n) is 12.0. The maximum atomic E-state index is 12.4. The number of carbonyl (C=O) groups is 1. The predicted molar refractivity (Wildman–Crippen MR) is 95.2 cm³/mol. The molecule has 2 aromatic rings. The molecule has 0 spiro atoms. The van der Waals surface area contributed by atoms with Gasteiger partial charge in [-0.25, -0.2) is 4.98 Å². The van der Waals surface area contributed by atoms with Crippen LogP contribution in [-0.2, 0) is 0 Å². The zero-order valence-corrected chi connectivity index (χ0v) is 14.4. The van der Waals surface area contributed by atoms with Gasteiger partial charge in [0.15, 0.2) is 0 Å². The summed E-state index contributed by atoms with van der Waals surface area (Å²) in [5.74, 6) is -0.00131. The van der Waals surface area contributed by atoms with Gasteiger partial charge in [-0.15, -0.1) is 36.2 Å². The van der Waals surface area contributed by atoms with Crippen LogP contribution in [0.15, 0.2) is 35.7 Å². The van der Waals surface area contributed by atoms with Gasteiger partial charge < -0.3 is 10.6 Å². The molecule has 0 aliphatic carbocycles. The SMILES string of the molecule is Cl.Cl.NC1CCCN(C(=O)c2csc(-c3ccccc3)n2)C1. The van der Waals surface area contributed by atoms with Crippen LogP contribution in [0.25, 0.3) is 10.6 Å². The molecule has 1 atom stereocenters. The Labute approximate surface area is 146 Å². The number of amides is 1. The highest BCUT2D eigenvalue weighted by molar-refractivity contribution is 7.13. The number of aromatic nitrogens is 1. The Balaban J connectivity index is 0.00000121. The van der Waals surface area contributed by atoms with E-state index in [1.807, 2.05) is 40.6 Å². The van der Waals surface area contributed by atoms with Crippen LogP contribution in [0.4, 0.5) is 0 Å². The first kappa shape index (κ1) is 18.9. The average Bonchev–Trinajstić information content (AvgIpc) is 2.97. The number of hydrogen-bond donors (Lipinski definition) is 1. The van der Waals surface area contributed by atoms with Crippen molar-refractivity contribution in [2.75, 3.05) is 13.1 Å². The van der Waals surface area contributed by atoms with Crippen LogP contribution in [0.1, 0.15) is 23.3 Å². The summed E-state index contributed by atoms with van der Waals surface area (Å²) in [5.41, 5.74) is 7.50. The van der Waals surface area contributed by atoms with Crippen LogP contribution in [0.5, 0.6) is 0 Å². The molecule has 1 aromatic heterocycles. The van der Waals surface area contributed by atoms with E-state index in [4.69, 9.17) is 5.73 Å². The Morgan fingerprint density at radius 2 is 2.00 bits per heavy atom. The Morgan fingerprint density at radius 1 is 1.27 bits per heavy atom. The van der Waals surface area contributed by atoms with E-state index in [9.17, 15) is 4.79 Å². The van der Waals surface area contributed by atoms with Crippen molar-refractivity contribution < 1.29 is 4.79 Å². The number of likely N-dealkylation sites (tertiary alicyclic amines) is 1. The molecule has 120 valence electrons. The number of nitrogens with two attached hydrogens (primary N) is 1. The monoisotopic (exact) mass is 359 g/mol. The summed E-state index contributed by atoms with van der Waals surface area (Å²) in [7, 11) is 0. The number of hydrogen-bond acceptors (Lipinski definition) is 4. The van der Waals surface area contributed by atoms with Gasteiger partial charge in [0.05, 0.1) is 0 Å². The largest absolute Gasteiger partial charge is 0.336 e. The number of halogens is 2. The lowest BCUT2D eigenvalue weighted by atomic mass is 10.1. The third-order valence-electron chi connectivity index (χ3n) is 3.49. The van der Waals surface area contributed by atoms with Crippen LogP contribution in [0.3, 0.4) is 0 Å². The fourth-order valence-corrected chi connectivity index (χ4v) is 3.24. The molecule has 0 bridgehead atoms. The van der Waals surface area contributed by atoms with Crippen LogP contribution in [0, 0.1) is 0 Å². The lowest BCUT2D eigenvalue weighted by molar-refractivity contribution is 0.0704. The van der Waals surface area contributed by atoms with Gasteiger partial charge in [-0.05, 0) is 12.8 Å². The van der Waals surface area contributed by atoms with Crippen LogP contribution in [-0.4, -0.2) is 34.9 Å². The number of rotatable bonds is 2. The molecule has 1 amide bonds. The summed E-state index contributed by atoms with van der Waals surface area (Å²) < 4.78 is 0. The van der Waals surface area contributed by atoms with E-state index in [0.717, 1.165) is 30.0 Å². The number of benzene rings is 1. The third-order valence-corrected chi connectivity index (χ3v) is 4.38. The highest BCUT2D eigenvalue weighted by Crippen LogP contribution is 2.24. The molecule has 1 aromatic carbocycles. The van der Waals surface area contributed by atoms with Gasteiger partial charge in [0.1, 0.15) is 10.7 Å². The summed E-state index contributed by atoms with van der Waals surface area (Å²) in [6.45, 7) is 1.42. The van der Waals surface area contributed by atoms with Crippen LogP contribution in [0.2, 0.25) is 0 Å². The second kappa shape index (κ2) is 8.48. The van der Waals surface area contributed by atoms with Crippen molar-refractivity contribution >= 4 is 42.1 Å². The first-order valence-electron chi connectivity index (χ1n) is 6.80. The van der Waals surface area contributed by atoms with Crippen molar-refractivity contribution in [1.82, 2.24) is 9.88 Å². The molecular formula is C15H19Cl2N3OS. The van der Waals surface area contributed by atoms with Gasteiger partial charge in [-0.3, -0.25) is 4.79 Å². The maximum absolute atomic E-state index is 12.4. The van der Waals surface area contributed by atoms with E-state index in [2.05, 4.69) is 4.98 Å². The summed E-state index contributed by atoms with van der Waals surface area (Å²) in [4.78, 5) is 18.7. The highest BCUT2D eigenvalue weighted by atomic mass is 35.5. The molecule has 0 saturated carbocycles. The molecule has 3 rings (SSSR count). The number of carbonyl (C=O) groups excluding carboxylic acids is 1. The summed E-state index contributed by atoms with van der Waals surface area (Å²) in [6.07, 6.45) is 1.97. The fourth-order valence-electron chi connectivity index (χ4n) is 2.44. The average molecular weight is 360 g/mol. The Morgan fingerprint density at radius 3 is 2.68 bits per heavy atom. The quantitative estimate of drug-likeness (QED) is 0.895. The van der Waals surface area contributed by atoms with Crippen molar-refractivity contribution in [2.45, 2.75) is 18.9 Å². The van der Waals surface area contributed by atoms with E-state index in [1.165, 1.54) is 11.3 Å². The van der Waals surface area contributed by atoms with Gasteiger partial charge in [0.2, 0.25) is 0 Å². The van der Waals surface area contributed by atoms with E-state index in [1.54, 1.807) is 0 Å². The first-order chi connectivity index (χ1) is 9.74. The minimum absolute atomic E-state index is 0. The van der Waals surface area contributed by atoms with Gasteiger partial charge in [0.25, 0.3) is 5.91 Å². The molecule has 1 unspecified atom stereocenters. The number of thiazole rings is 1. The van der Waals surface area contributed by atoms with Gasteiger partial charge >= 0.3 is 0 Å². The lowest BCUT2D eigenvalue weighted by Crippen LogP contribution is -2.45. The summed E-state index contributed by atoms with van der Waals surface area (Å²) in [6, 6.07) is 10.0. The Bertz CT molecular complexity index is 606. The van der Waals surface area contributed by atoms with Crippen molar-refractivity contribution in [3.63, 3.8) is 0 Å². The van der Waals surface area contributed by atoms with Crippen LogP contribution < -0.4 is 5.73 Å². The Kier molecular flexibility index (Phi) is 7.29. The smallest absolute Gasteiger partial charge is 0.273 e. The van der Waals surface area contributed by atoms with Crippen molar-refractivity contribution in [2.24, 2.45) is 5.73 Å². The summed E-state index contributed by atoms with van der Waals surface area (Å²) >= 11 is 1.51. The van der Waals surface area contributed by atoms with Crippen molar-refractivity contribution in [1.29, 1.82) is 0 Å². The van der Waals surface area contributed by atoms with Crippen molar-refractivity contribution in [3.8, 4) is 10.6 Å². The van der Waals surface area contributed by atoms with E-state index in [0.29, 0.717) is 12.2 Å². The van der Waals surface area contributed by atoms with Gasteiger partial charge in [0, 0.05) is 30.1 Å². The molecule has 0 radical (unpaired) electrons. The van der Waals surface area contributed by atoms with E-state index < -0.39 is 0 Å². The first-order valence-corrected chi connectivity index (χ1v) is 7.68. The zero-order chi connectivity index (χ0) is 13.9. The maximum Gasteiger partial charge on any atom is 0.273 e. The number of nitrogens with zero attached hydrogens (tertiary/aromatic N) is 2. The molecule has 1 saturated heterocycles. The standard InChI is InChI=1S/C15H17N3OS.2ClH/c16-12-7-4-8-18(9-12)15(19)13-10-20-14(17-13)11-5-2-1-3-6-11;;/h1-3,5-6,10,12H,4,7-9,16H2;2*1H. The van der Waals surface area contributed by atoms with Crippen LogP contribution >= 0.6 is 36.2 Å². The molecule has 1 aliphatic rings. The molecule has 2 N–H and O–H groups in total. The minimum Gasteiger partial charge on any atom is -0.336 e. The predicted octanol–water partition coefficient (Wildman–Crippen LogP) is 3.22. The second-order valence-electron chi connectivity index (χ2n) is 5.06. The Hall–Kier alpha value is -1.14. The molecule has 1 fully saturated rings. The highest BCUT2D eigenvalue weighted by Gasteiger charge is 2.24. The minimum atomic E-state index is -0.00131. The molecule has 22 heavy (non-hydrogen) atoms. The normalized spacial score (nSPS) is 17.3. The number of piperidine rings is 1. The molecule has 1 aliphatic heterocycles. The van der Waals surface area contributed by atoms with Gasteiger partial charge in [-0.1, -0.05) is 30.3 Å². The second-order valence-corrected chi connectivity index (χ2v) is 5.92.